The lowest BCUT2D eigenvalue weighted by atomic mass is 9.75. The molecule has 0 saturated carbocycles. The number of ether oxygens (including phenoxy) is 1. The second-order valence-electron chi connectivity index (χ2n) is 5.75. The number of methoxy groups -OCH3 is 1. The average molecular weight is 281 g/mol. The maximum atomic E-state index is 5.62. The van der Waals surface area contributed by atoms with Crippen LogP contribution in [0.1, 0.15) is 70.2 Å². The van der Waals surface area contributed by atoms with E-state index in [0.717, 1.165) is 57.5 Å². The molecule has 5 heteroatoms. The lowest BCUT2D eigenvalue weighted by molar-refractivity contribution is 0.0854. The van der Waals surface area contributed by atoms with Crippen molar-refractivity contribution in [2.24, 2.45) is 0 Å². The second-order valence-corrected chi connectivity index (χ2v) is 5.75. The molecule has 1 aliphatic heterocycles. The summed E-state index contributed by atoms with van der Waals surface area (Å²) in [6, 6.07) is 0. The molecule has 0 aliphatic carbocycles. The van der Waals surface area contributed by atoms with Gasteiger partial charge in [-0.15, -0.1) is 0 Å². The highest BCUT2D eigenvalue weighted by Gasteiger charge is 2.38. The minimum Gasteiger partial charge on any atom is -0.373 e. The number of nitrogens with zero attached hydrogens (tertiary/aromatic N) is 2. The third-order valence-corrected chi connectivity index (χ3v) is 4.31. The Morgan fingerprint density at radius 3 is 2.65 bits per heavy atom. The molecule has 1 saturated heterocycles. The molecular formula is C15H27N3O2. The van der Waals surface area contributed by atoms with Gasteiger partial charge in [0.2, 0.25) is 11.7 Å². The zero-order valence-corrected chi connectivity index (χ0v) is 12.9. The highest BCUT2D eigenvalue weighted by Crippen LogP contribution is 2.37. The molecule has 1 aliphatic rings. The number of rotatable bonds is 7. The number of nitrogens with one attached hydrogen (secondary N) is 1. The first kappa shape index (κ1) is 15.4. The van der Waals surface area contributed by atoms with E-state index in [2.05, 4.69) is 29.3 Å². The normalized spacial score (nSPS) is 19.9. The van der Waals surface area contributed by atoms with Gasteiger partial charge in [-0.05, 0) is 38.8 Å². The summed E-state index contributed by atoms with van der Waals surface area (Å²) in [6.07, 6.45) is 6.34. The van der Waals surface area contributed by atoms with Crippen LogP contribution in [0.3, 0.4) is 0 Å². The molecule has 1 unspecified atom stereocenters. The molecule has 1 aromatic rings. The van der Waals surface area contributed by atoms with Gasteiger partial charge in [0.15, 0.2) is 0 Å². The molecule has 5 nitrogen and oxygen atoms in total. The number of piperidine rings is 1. The third kappa shape index (κ3) is 3.20. The van der Waals surface area contributed by atoms with Crippen LogP contribution in [0.15, 0.2) is 4.52 Å². The molecule has 2 rings (SSSR count). The lowest BCUT2D eigenvalue weighted by Crippen LogP contribution is -2.40. The Kier molecular flexibility index (Phi) is 5.54. The Morgan fingerprint density at radius 2 is 2.05 bits per heavy atom. The standard InChI is InChI=1S/C15H27N3O2/c1-4-6-12(19-3)13-17-14(20-18-13)15(7-5-2)8-10-16-11-9-15/h12,16H,4-11H2,1-3H3. The molecule has 1 N–H and O–H groups in total. The number of hydrogen-bond donors (Lipinski definition) is 1. The minimum absolute atomic E-state index is 0.0436. The van der Waals surface area contributed by atoms with E-state index >= 15 is 0 Å². The van der Waals surface area contributed by atoms with Crippen molar-refractivity contribution in [1.82, 2.24) is 15.5 Å². The first-order chi connectivity index (χ1) is 9.75. The Balaban J connectivity index is 2.19. The smallest absolute Gasteiger partial charge is 0.233 e. The molecule has 0 radical (unpaired) electrons. The van der Waals surface area contributed by atoms with Crippen LogP contribution in [0.2, 0.25) is 0 Å². The summed E-state index contributed by atoms with van der Waals surface area (Å²) in [5.74, 6) is 1.52. The van der Waals surface area contributed by atoms with Crippen molar-refractivity contribution >= 4 is 0 Å². The van der Waals surface area contributed by atoms with E-state index in [9.17, 15) is 0 Å². The Hall–Kier alpha value is -0.940. The average Bonchev–Trinajstić information content (AvgIpc) is 2.96. The van der Waals surface area contributed by atoms with E-state index in [1.165, 1.54) is 0 Å². The molecule has 0 bridgehead atoms. The van der Waals surface area contributed by atoms with Gasteiger partial charge in [0.1, 0.15) is 6.10 Å². The van der Waals surface area contributed by atoms with Crippen LogP contribution in [0.4, 0.5) is 0 Å². The Bertz CT molecular complexity index is 394. The molecule has 1 fully saturated rings. The van der Waals surface area contributed by atoms with Gasteiger partial charge in [0.25, 0.3) is 0 Å². The molecule has 20 heavy (non-hydrogen) atoms. The van der Waals surface area contributed by atoms with Gasteiger partial charge in [-0.2, -0.15) is 4.98 Å². The van der Waals surface area contributed by atoms with Crippen LogP contribution in [0.5, 0.6) is 0 Å². The van der Waals surface area contributed by atoms with Crippen LogP contribution in [0, 0.1) is 0 Å². The summed E-state index contributed by atoms with van der Waals surface area (Å²) in [4.78, 5) is 4.68. The second kappa shape index (κ2) is 7.18. The number of hydrogen-bond acceptors (Lipinski definition) is 5. The fourth-order valence-electron chi connectivity index (χ4n) is 3.15. The summed E-state index contributed by atoms with van der Waals surface area (Å²) in [5, 5.41) is 7.59. The molecule has 0 spiro atoms. The molecule has 1 aromatic heterocycles. The van der Waals surface area contributed by atoms with Crippen LogP contribution in [0.25, 0.3) is 0 Å². The lowest BCUT2D eigenvalue weighted by Gasteiger charge is -2.34. The van der Waals surface area contributed by atoms with Crippen molar-refractivity contribution in [3.8, 4) is 0 Å². The SMILES string of the molecule is CCCC(OC)c1noc(C2(CCC)CCNCC2)n1. The minimum atomic E-state index is -0.0436. The van der Waals surface area contributed by atoms with Crippen LogP contribution in [-0.2, 0) is 10.2 Å². The zero-order valence-electron chi connectivity index (χ0n) is 12.9. The summed E-state index contributed by atoms with van der Waals surface area (Å²) < 4.78 is 11.1. The van der Waals surface area contributed by atoms with Gasteiger partial charge in [-0.25, -0.2) is 0 Å². The largest absolute Gasteiger partial charge is 0.373 e. The van der Waals surface area contributed by atoms with E-state index < -0.39 is 0 Å². The fourth-order valence-corrected chi connectivity index (χ4v) is 3.15. The van der Waals surface area contributed by atoms with E-state index in [1.807, 2.05) is 0 Å². The van der Waals surface area contributed by atoms with Crippen LogP contribution >= 0.6 is 0 Å². The first-order valence-electron chi connectivity index (χ1n) is 7.83. The van der Waals surface area contributed by atoms with Gasteiger partial charge in [-0.1, -0.05) is 31.8 Å². The van der Waals surface area contributed by atoms with E-state index in [1.54, 1.807) is 7.11 Å². The first-order valence-corrected chi connectivity index (χ1v) is 7.83. The maximum Gasteiger partial charge on any atom is 0.233 e. The fraction of sp³-hybridized carbons (Fsp3) is 0.867. The van der Waals surface area contributed by atoms with Gasteiger partial charge in [-0.3, -0.25) is 0 Å². The van der Waals surface area contributed by atoms with E-state index in [4.69, 9.17) is 9.26 Å². The van der Waals surface area contributed by atoms with Crippen molar-refractivity contribution in [3.63, 3.8) is 0 Å². The summed E-state index contributed by atoms with van der Waals surface area (Å²) in [5.41, 5.74) is 0.0652. The maximum absolute atomic E-state index is 5.62. The molecular weight excluding hydrogens is 254 g/mol. The van der Waals surface area contributed by atoms with Gasteiger partial charge >= 0.3 is 0 Å². The molecule has 0 aromatic carbocycles. The third-order valence-electron chi connectivity index (χ3n) is 4.31. The summed E-state index contributed by atoms with van der Waals surface area (Å²) >= 11 is 0. The molecule has 0 amide bonds. The highest BCUT2D eigenvalue weighted by molar-refractivity contribution is 5.08. The van der Waals surface area contributed by atoms with E-state index in [-0.39, 0.29) is 11.5 Å². The zero-order chi connectivity index (χ0) is 14.4. The van der Waals surface area contributed by atoms with Gasteiger partial charge in [0, 0.05) is 7.11 Å². The monoisotopic (exact) mass is 281 g/mol. The summed E-state index contributed by atoms with van der Waals surface area (Å²) in [6.45, 7) is 6.41. The predicted molar refractivity (Wildman–Crippen MR) is 77.6 cm³/mol. The van der Waals surface area contributed by atoms with Gasteiger partial charge in [0.05, 0.1) is 5.41 Å². The number of aromatic nitrogens is 2. The molecule has 114 valence electrons. The summed E-state index contributed by atoms with van der Waals surface area (Å²) in [7, 11) is 1.71. The highest BCUT2D eigenvalue weighted by atomic mass is 16.5. The van der Waals surface area contributed by atoms with Crippen molar-refractivity contribution in [2.45, 2.75) is 63.9 Å². The van der Waals surface area contributed by atoms with Crippen LogP contribution in [-0.4, -0.2) is 30.3 Å². The predicted octanol–water partition coefficient (Wildman–Crippen LogP) is 2.98. The van der Waals surface area contributed by atoms with Crippen molar-refractivity contribution in [3.05, 3.63) is 11.7 Å². The van der Waals surface area contributed by atoms with Crippen molar-refractivity contribution < 1.29 is 9.26 Å². The van der Waals surface area contributed by atoms with E-state index in [0.29, 0.717) is 5.82 Å². The van der Waals surface area contributed by atoms with Crippen molar-refractivity contribution in [2.75, 3.05) is 20.2 Å². The molecule has 1 atom stereocenters. The quantitative estimate of drug-likeness (QED) is 0.832. The Labute approximate surface area is 121 Å². The van der Waals surface area contributed by atoms with Crippen molar-refractivity contribution in [1.29, 1.82) is 0 Å². The topological polar surface area (TPSA) is 60.2 Å². The van der Waals surface area contributed by atoms with Gasteiger partial charge < -0.3 is 14.6 Å². The Morgan fingerprint density at radius 1 is 1.30 bits per heavy atom. The van der Waals surface area contributed by atoms with Crippen LogP contribution < -0.4 is 5.32 Å². The molecule has 2 heterocycles.